The van der Waals surface area contributed by atoms with Crippen LogP contribution in [0.3, 0.4) is 0 Å². The van der Waals surface area contributed by atoms with E-state index in [4.69, 9.17) is 4.55 Å². The van der Waals surface area contributed by atoms with Crippen LogP contribution in [-0.4, -0.2) is 30.2 Å². The number of hydrogen-bond donors (Lipinski definition) is 1. The topological polar surface area (TPSA) is 91.8 Å². The van der Waals surface area contributed by atoms with Crippen molar-refractivity contribution in [2.45, 2.75) is 0 Å². The standard InChI is InChI=1S/C4H5NO5P2S/c6-11-3-5(4-12-7)1-2-13(8,9)10/h1-2H2,(H,8,9,10). The van der Waals surface area contributed by atoms with Gasteiger partial charge in [-0.05, 0) is 0 Å². The monoisotopic (exact) mass is 241 g/mol. The summed E-state index contributed by atoms with van der Waals surface area (Å²) in [7, 11) is -5.06. The molecule has 0 atom stereocenters. The summed E-state index contributed by atoms with van der Waals surface area (Å²) in [6, 6.07) is 0. The van der Waals surface area contributed by atoms with Gasteiger partial charge in [-0.2, -0.15) is 0 Å². The Morgan fingerprint density at radius 3 is 2.00 bits per heavy atom. The third kappa shape index (κ3) is 8.23. The van der Waals surface area contributed by atoms with E-state index in [0.29, 0.717) is 0 Å². The molecule has 0 bridgehead atoms. The Balaban J connectivity index is 4.41. The average Bonchev–Trinajstić information content (AvgIpc) is 2.00. The van der Waals surface area contributed by atoms with Crippen LogP contribution in [0.15, 0.2) is 0 Å². The Morgan fingerprint density at radius 2 is 1.69 bits per heavy atom. The molecular formula is C4H5NO5P2S. The first-order valence-corrected chi connectivity index (χ1v) is 6.11. The first-order valence-electron chi connectivity index (χ1n) is 2.88. The van der Waals surface area contributed by atoms with Crippen LogP contribution < -0.4 is 0 Å². The van der Waals surface area contributed by atoms with E-state index in [1.807, 2.05) is 0 Å². The summed E-state index contributed by atoms with van der Waals surface area (Å²) in [5, 5.41) is 0. The van der Waals surface area contributed by atoms with E-state index in [0.717, 1.165) is 4.90 Å². The normalized spacial score (nSPS) is 10.3. The van der Waals surface area contributed by atoms with E-state index in [1.165, 1.54) is 0 Å². The molecule has 9 heteroatoms. The molecule has 0 heterocycles. The molecule has 0 aliphatic rings. The summed E-state index contributed by atoms with van der Waals surface area (Å²) in [6.45, 7) is -0.205. The molecule has 0 unspecified atom stereocenters. The second-order valence-corrected chi connectivity index (χ2v) is 4.16. The second-order valence-electron chi connectivity index (χ2n) is 1.82. The van der Waals surface area contributed by atoms with Gasteiger partial charge in [0.15, 0.2) is 0 Å². The van der Waals surface area contributed by atoms with E-state index in [-0.39, 0.29) is 6.54 Å². The molecule has 0 spiro atoms. The van der Waals surface area contributed by atoms with Crippen LogP contribution in [-0.2, 0) is 19.2 Å². The molecule has 0 fully saturated rings. The quantitative estimate of drug-likeness (QED) is 0.441. The summed E-state index contributed by atoms with van der Waals surface area (Å²) >= 11 is 0. The maximum atomic E-state index is 10.3. The van der Waals surface area contributed by atoms with Gasteiger partial charge >= 0.3 is 76.7 Å². The van der Waals surface area contributed by atoms with E-state index >= 15 is 0 Å². The molecule has 0 aromatic rings. The zero-order chi connectivity index (χ0) is 10.3. The molecule has 0 aliphatic heterocycles. The Hall–Kier alpha value is -0.110. The minimum absolute atomic E-state index is 0.205. The zero-order valence-corrected chi connectivity index (χ0v) is 8.85. The predicted octanol–water partition coefficient (Wildman–Crippen LogP) is 0.593. The average molecular weight is 241 g/mol. The van der Waals surface area contributed by atoms with Crippen molar-refractivity contribution in [2.75, 3.05) is 12.3 Å². The van der Waals surface area contributed by atoms with Crippen molar-refractivity contribution in [1.82, 2.24) is 4.90 Å². The molecule has 0 radical (unpaired) electrons. The van der Waals surface area contributed by atoms with Crippen LogP contribution in [0.2, 0.25) is 0 Å². The van der Waals surface area contributed by atoms with E-state index in [1.54, 1.807) is 0 Å². The third-order valence-corrected chi connectivity index (χ3v) is 2.24. The first kappa shape index (κ1) is 12.9. The van der Waals surface area contributed by atoms with Crippen molar-refractivity contribution in [2.24, 2.45) is 0 Å². The fraction of sp³-hybridized carbons (Fsp3) is 0.500. The van der Waals surface area contributed by atoms with E-state index in [9.17, 15) is 17.5 Å². The van der Waals surface area contributed by atoms with E-state index in [2.05, 4.69) is 11.5 Å². The molecule has 1 N–H and O–H groups in total. The second kappa shape index (κ2) is 6.36. The molecular weight excluding hydrogens is 236 g/mol. The molecule has 13 heavy (non-hydrogen) atoms. The van der Waals surface area contributed by atoms with Crippen LogP contribution in [0, 0.1) is 11.5 Å². The van der Waals surface area contributed by atoms with Crippen molar-refractivity contribution < 1.29 is 22.1 Å². The first-order chi connectivity index (χ1) is 5.99. The van der Waals surface area contributed by atoms with Gasteiger partial charge in [0.05, 0.1) is 0 Å². The Morgan fingerprint density at radius 1 is 1.23 bits per heavy atom. The van der Waals surface area contributed by atoms with Gasteiger partial charge in [0, 0.05) is 0 Å². The summed E-state index contributed by atoms with van der Waals surface area (Å²) in [5.41, 5.74) is 0. The summed E-state index contributed by atoms with van der Waals surface area (Å²) in [6.07, 6.45) is 0. The predicted molar refractivity (Wildman–Crippen MR) is 46.1 cm³/mol. The molecule has 0 rings (SSSR count). The van der Waals surface area contributed by atoms with Gasteiger partial charge < -0.3 is 0 Å². The molecule has 0 aromatic heterocycles. The molecule has 72 valence electrons. The van der Waals surface area contributed by atoms with Crippen molar-refractivity contribution >= 4 is 25.9 Å². The zero-order valence-electron chi connectivity index (χ0n) is 6.24. The van der Waals surface area contributed by atoms with Gasteiger partial charge in [0.2, 0.25) is 0 Å². The maximum absolute atomic E-state index is 10.3. The fourth-order valence-electron chi connectivity index (χ4n) is 0.428. The Bertz CT molecular complexity index is 431. The molecule has 0 saturated carbocycles. The number of hydrogen-bond acceptors (Lipinski definition) is 5. The van der Waals surface area contributed by atoms with Crippen LogP contribution in [0.5, 0.6) is 0 Å². The van der Waals surface area contributed by atoms with Gasteiger partial charge in [-0.15, -0.1) is 0 Å². The summed E-state index contributed by atoms with van der Waals surface area (Å²) in [4.78, 5) is 0.900. The summed E-state index contributed by atoms with van der Waals surface area (Å²) in [5.74, 6) is 3.65. The van der Waals surface area contributed by atoms with Crippen molar-refractivity contribution in [3.63, 3.8) is 0 Å². The van der Waals surface area contributed by atoms with Gasteiger partial charge in [-0.3, -0.25) is 0 Å². The number of nitrogens with zero attached hydrogens (tertiary/aromatic N) is 1. The SMILES string of the molecule is O=P#CN(C#P=O)CCS(=O)(=O)O. The molecule has 0 aromatic carbocycles. The Labute approximate surface area is 77.3 Å². The third-order valence-electron chi connectivity index (χ3n) is 0.896. The van der Waals surface area contributed by atoms with Gasteiger partial charge in [0.1, 0.15) is 0 Å². The van der Waals surface area contributed by atoms with Crippen LogP contribution in [0.25, 0.3) is 0 Å². The molecule has 6 nitrogen and oxygen atoms in total. The Kier molecular flexibility index (Phi) is 6.31. The van der Waals surface area contributed by atoms with Crippen molar-refractivity contribution in [3.8, 4) is 11.5 Å². The minimum atomic E-state index is -4.09. The molecule has 0 amide bonds. The fourth-order valence-corrected chi connectivity index (χ4v) is 1.42. The molecule has 0 saturated heterocycles. The van der Waals surface area contributed by atoms with Gasteiger partial charge in [0.25, 0.3) is 0 Å². The van der Waals surface area contributed by atoms with Crippen molar-refractivity contribution in [1.29, 1.82) is 0 Å². The summed E-state index contributed by atoms with van der Waals surface area (Å²) < 4.78 is 48.8. The van der Waals surface area contributed by atoms with Gasteiger partial charge in [-0.25, -0.2) is 0 Å². The van der Waals surface area contributed by atoms with E-state index < -0.39 is 31.7 Å². The van der Waals surface area contributed by atoms with Gasteiger partial charge in [-0.1, -0.05) is 0 Å². The van der Waals surface area contributed by atoms with Crippen LogP contribution in [0.1, 0.15) is 0 Å². The molecule has 0 aliphatic carbocycles. The van der Waals surface area contributed by atoms with Crippen LogP contribution in [0.4, 0.5) is 0 Å². The van der Waals surface area contributed by atoms with Crippen LogP contribution >= 0.6 is 15.8 Å². The van der Waals surface area contributed by atoms with Crippen molar-refractivity contribution in [3.05, 3.63) is 0 Å². The number of rotatable bonds is 3.